The van der Waals surface area contributed by atoms with Crippen LogP contribution in [0, 0.1) is 28.6 Å². The lowest BCUT2D eigenvalue weighted by atomic mass is 9.47. The summed E-state index contributed by atoms with van der Waals surface area (Å²) in [5.41, 5.74) is 2.75. The van der Waals surface area contributed by atoms with E-state index in [0.717, 1.165) is 36.0 Å². The minimum Gasteiger partial charge on any atom is -0.295 e. The van der Waals surface area contributed by atoms with Gasteiger partial charge in [-0.05, 0) is 72.2 Å². The highest BCUT2D eigenvalue weighted by Gasteiger charge is 2.58. The largest absolute Gasteiger partial charge is 0.295 e. The van der Waals surface area contributed by atoms with Gasteiger partial charge in [-0.25, -0.2) is 0 Å². The van der Waals surface area contributed by atoms with E-state index in [-0.39, 0.29) is 28.3 Å². The molecule has 0 aromatic heterocycles. The third kappa shape index (κ3) is 2.00. The van der Waals surface area contributed by atoms with Gasteiger partial charge in [0.1, 0.15) is 0 Å². The summed E-state index contributed by atoms with van der Waals surface area (Å²) in [6.45, 7) is 14.3. The van der Waals surface area contributed by atoms with Gasteiger partial charge in [0.25, 0.3) is 0 Å². The van der Waals surface area contributed by atoms with Gasteiger partial charge < -0.3 is 0 Å². The third-order valence-electron chi connectivity index (χ3n) is 7.75. The lowest BCUT2D eigenvalue weighted by Gasteiger charge is -2.56. The maximum Gasteiger partial charge on any atom is 0.185 e. The van der Waals surface area contributed by atoms with Gasteiger partial charge >= 0.3 is 0 Å². The van der Waals surface area contributed by atoms with Crippen LogP contribution in [0.5, 0.6) is 0 Å². The van der Waals surface area contributed by atoms with Gasteiger partial charge in [0.05, 0.1) is 0 Å². The number of hydrogen-bond acceptors (Lipinski definition) is 2. The molecule has 0 saturated heterocycles. The second kappa shape index (κ2) is 5.42. The summed E-state index contributed by atoms with van der Waals surface area (Å²) in [6, 6.07) is 0. The third-order valence-corrected chi connectivity index (χ3v) is 8.08. The van der Waals surface area contributed by atoms with Crippen molar-refractivity contribution in [2.45, 2.75) is 40.0 Å². The summed E-state index contributed by atoms with van der Waals surface area (Å²) < 4.78 is 0. The Morgan fingerprint density at radius 2 is 1.96 bits per heavy atom. The minimum absolute atomic E-state index is 0.0823. The van der Waals surface area contributed by atoms with Crippen LogP contribution < -0.4 is 0 Å². The van der Waals surface area contributed by atoms with Crippen molar-refractivity contribution in [3.05, 3.63) is 58.7 Å². The number of Topliss-reactive ketones (excluding diaryl/α,β-unsaturated/α-hetero) is 1. The lowest BCUT2D eigenvalue weighted by Crippen LogP contribution is -2.50. The Hall–Kier alpha value is -1.67. The molecule has 0 unspecified atom stereocenters. The van der Waals surface area contributed by atoms with Crippen LogP contribution in [0.3, 0.4) is 0 Å². The Bertz CT molecular complexity index is 871. The van der Waals surface area contributed by atoms with Gasteiger partial charge in [0, 0.05) is 16.0 Å². The monoisotopic (exact) mass is 368 g/mol. The molecule has 2 nitrogen and oxygen atoms in total. The van der Waals surface area contributed by atoms with Crippen LogP contribution in [0.15, 0.2) is 58.7 Å². The molecule has 0 aromatic rings. The minimum atomic E-state index is -0.359. The van der Waals surface area contributed by atoms with Crippen molar-refractivity contribution in [1.29, 1.82) is 0 Å². The summed E-state index contributed by atoms with van der Waals surface area (Å²) in [4.78, 5) is 24.5. The van der Waals surface area contributed by atoms with Gasteiger partial charge in [-0.15, -0.1) is 0 Å². The van der Waals surface area contributed by atoms with Crippen LogP contribution in [0.25, 0.3) is 0 Å². The highest BCUT2D eigenvalue weighted by molar-refractivity contribution is 6.33. The Labute approximate surface area is 160 Å². The number of ketones is 2. The molecule has 0 spiro atoms. The van der Waals surface area contributed by atoms with E-state index in [2.05, 4.69) is 39.2 Å². The molecule has 1 fully saturated rings. The number of halogens is 1. The van der Waals surface area contributed by atoms with Crippen molar-refractivity contribution >= 4 is 23.2 Å². The van der Waals surface area contributed by atoms with E-state index in [1.807, 2.05) is 0 Å². The molecule has 0 N–H and O–H groups in total. The van der Waals surface area contributed by atoms with Gasteiger partial charge in [-0.2, -0.15) is 0 Å². The van der Waals surface area contributed by atoms with E-state index in [1.165, 1.54) is 0 Å². The van der Waals surface area contributed by atoms with E-state index >= 15 is 0 Å². The Morgan fingerprint density at radius 1 is 1.27 bits per heavy atom. The number of hydrogen-bond donors (Lipinski definition) is 0. The number of rotatable bonds is 1. The molecule has 0 aromatic carbocycles. The summed E-state index contributed by atoms with van der Waals surface area (Å²) in [7, 11) is 0. The predicted molar refractivity (Wildman–Crippen MR) is 105 cm³/mol. The van der Waals surface area contributed by atoms with Crippen molar-refractivity contribution in [1.82, 2.24) is 0 Å². The lowest BCUT2D eigenvalue weighted by molar-refractivity contribution is -0.115. The zero-order valence-corrected chi connectivity index (χ0v) is 16.5. The first-order chi connectivity index (χ1) is 12.1. The van der Waals surface area contributed by atoms with E-state index in [4.69, 9.17) is 11.6 Å². The molecular formula is C23H25ClO2. The molecule has 4 aliphatic rings. The van der Waals surface area contributed by atoms with E-state index in [1.54, 1.807) is 13.0 Å². The molecule has 4 rings (SSSR count). The van der Waals surface area contributed by atoms with Gasteiger partial charge in [-0.3, -0.25) is 9.59 Å². The summed E-state index contributed by atoms with van der Waals surface area (Å²) in [6.07, 6.45) is 8.82. The molecule has 0 heterocycles. The Balaban J connectivity index is 1.84. The number of fused-ring (bicyclic) bond motifs is 5. The van der Waals surface area contributed by atoms with E-state index in [9.17, 15) is 9.59 Å². The molecule has 1 saturated carbocycles. The van der Waals surface area contributed by atoms with Crippen LogP contribution >= 0.6 is 11.6 Å². The average molecular weight is 369 g/mol. The molecule has 3 heteroatoms. The molecule has 4 aliphatic carbocycles. The summed E-state index contributed by atoms with van der Waals surface area (Å²) in [5.74, 6) is 1.06. The molecule has 0 radical (unpaired) electrons. The second-order valence-electron chi connectivity index (χ2n) is 8.75. The molecule has 0 bridgehead atoms. The maximum absolute atomic E-state index is 12.3. The van der Waals surface area contributed by atoms with Crippen molar-refractivity contribution in [2.75, 3.05) is 0 Å². The average Bonchev–Trinajstić information content (AvgIpc) is 2.93. The molecular weight excluding hydrogens is 344 g/mol. The molecule has 0 amide bonds. The highest BCUT2D eigenvalue weighted by Crippen LogP contribution is 2.66. The number of allylic oxidation sites excluding steroid dienone is 8. The standard InChI is InChI=1S/C23H25ClO2/c1-12-13(2)23(5)18-8-9-22(4)16(14(3)25)6-7-17(22)15(18)10-20(24)19(23)11-21(12)26/h6,10-11,15,17-18H,1-2,7-9H2,3-5H3/t15-,17-,18-,22+,23+/m0/s1. The van der Waals surface area contributed by atoms with Gasteiger partial charge in [0.15, 0.2) is 11.6 Å². The van der Waals surface area contributed by atoms with Crippen LogP contribution in [-0.2, 0) is 9.59 Å². The van der Waals surface area contributed by atoms with Crippen molar-refractivity contribution in [3.63, 3.8) is 0 Å². The van der Waals surface area contributed by atoms with Gasteiger partial charge in [0.2, 0.25) is 0 Å². The zero-order valence-electron chi connectivity index (χ0n) is 15.7. The quantitative estimate of drug-likeness (QED) is 0.587. The number of carbonyl (C=O) groups excluding carboxylic acids is 2. The Kier molecular flexibility index (Phi) is 3.70. The highest BCUT2D eigenvalue weighted by atomic mass is 35.5. The topological polar surface area (TPSA) is 34.1 Å². The predicted octanol–water partition coefficient (Wildman–Crippen LogP) is 5.32. The Morgan fingerprint density at radius 3 is 2.62 bits per heavy atom. The van der Waals surface area contributed by atoms with Crippen LogP contribution in [0.4, 0.5) is 0 Å². The molecule has 26 heavy (non-hydrogen) atoms. The van der Waals surface area contributed by atoms with Crippen molar-refractivity contribution in [2.24, 2.45) is 28.6 Å². The SMILES string of the molecule is C=C1C(=C)[C@@]2(C)C(=CC1=O)C(Cl)=C[C@@H]1[C@@H]2CC[C@]2(C)C(C(C)=O)=CC[C@@H]12. The fourth-order valence-corrected chi connectivity index (χ4v) is 6.61. The molecule has 5 atom stereocenters. The zero-order chi connectivity index (χ0) is 19.0. The fraction of sp³-hybridized carbons (Fsp3) is 0.478. The van der Waals surface area contributed by atoms with Crippen LogP contribution in [0.2, 0.25) is 0 Å². The van der Waals surface area contributed by atoms with E-state index in [0.29, 0.717) is 22.4 Å². The summed E-state index contributed by atoms with van der Waals surface area (Å²) in [5, 5.41) is 0.663. The normalized spacial score (nSPS) is 41.6. The fourth-order valence-electron chi connectivity index (χ4n) is 6.21. The molecule has 0 aliphatic heterocycles. The number of carbonyl (C=O) groups is 2. The van der Waals surface area contributed by atoms with Crippen LogP contribution in [0.1, 0.15) is 40.0 Å². The summed E-state index contributed by atoms with van der Waals surface area (Å²) >= 11 is 6.70. The van der Waals surface area contributed by atoms with Crippen molar-refractivity contribution < 1.29 is 9.59 Å². The first-order valence-electron chi connectivity index (χ1n) is 9.36. The second-order valence-corrected chi connectivity index (χ2v) is 9.16. The first kappa shape index (κ1) is 17.7. The van der Waals surface area contributed by atoms with E-state index < -0.39 is 0 Å². The maximum atomic E-state index is 12.3. The van der Waals surface area contributed by atoms with Crippen LogP contribution in [-0.4, -0.2) is 11.6 Å². The van der Waals surface area contributed by atoms with Crippen molar-refractivity contribution in [3.8, 4) is 0 Å². The molecule has 136 valence electrons. The van der Waals surface area contributed by atoms with Gasteiger partial charge in [-0.1, -0.05) is 50.8 Å². The first-order valence-corrected chi connectivity index (χ1v) is 9.74. The smallest absolute Gasteiger partial charge is 0.185 e.